The van der Waals surface area contributed by atoms with Crippen molar-refractivity contribution < 1.29 is 9.53 Å². The van der Waals surface area contributed by atoms with E-state index in [-0.39, 0.29) is 5.91 Å². The molecule has 0 saturated heterocycles. The van der Waals surface area contributed by atoms with Crippen LogP contribution in [0.15, 0.2) is 41.9 Å². The second kappa shape index (κ2) is 7.17. The molecule has 5 nitrogen and oxygen atoms in total. The zero-order valence-corrected chi connectivity index (χ0v) is 14.7. The number of pyridine rings is 1. The molecule has 3 rings (SSSR count). The van der Waals surface area contributed by atoms with Crippen LogP contribution >= 0.6 is 34.5 Å². The van der Waals surface area contributed by atoms with Crippen LogP contribution in [-0.2, 0) is 0 Å². The van der Waals surface area contributed by atoms with Crippen LogP contribution in [0.5, 0.6) is 5.88 Å². The maximum Gasteiger partial charge on any atom is 0.259 e. The van der Waals surface area contributed by atoms with Gasteiger partial charge in [0, 0.05) is 28.2 Å². The van der Waals surface area contributed by atoms with E-state index in [0.29, 0.717) is 37.9 Å². The number of nitrogens with one attached hydrogen (secondary N) is 1. The Morgan fingerprint density at radius 1 is 1.25 bits per heavy atom. The molecule has 3 aromatic rings. The molecule has 2 heterocycles. The highest BCUT2D eigenvalue weighted by molar-refractivity contribution is 7.14. The number of rotatable bonds is 4. The molecule has 1 amide bonds. The number of thiazole rings is 1. The van der Waals surface area contributed by atoms with Crippen molar-refractivity contribution in [2.24, 2.45) is 0 Å². The first-order valence-electron chi connectivity index (χ1n) is 6.79. The Labute approximate surface area is 152 Å². The molecule has 0 atom stereocenters. The van der Waals surface area contributed by atoms with E-state index in [9.17, 15) is 4.79 Å². The van der Waals surface area contributed by atoms with Gasteiger partial charge < -0.3 is 4.74 Å². The summed E-state index contributed by atoms with van der Waals surface area (Å²) in [6, 6.07) is 8.40. The molecule has 0 aliphatic carbocycles. The second-order valence-corrected chi connectivity index (χ2v) is 6.41. The molecule has 1 N–H and O–H groups in total. The van der Waals surface area contributed by atoms with Gasteiger partial charge in [-0.25, -0.2) is 9.97 Å². The number of nitrogens with zero attached hydrogens (tertiary/aromatic N) is 2. The minimum atomic E-state index is -0.303. The van der Waals surface area contributed by atoms with Crippen molar-refractivity contribution in [1.82, 2.24) is 9.97 Å². The SMILES string of the molecule is COc1ccc(C(=O)Nc2nc(-c3cc(Cl)ccc3Cl)cs2)cn1. The lowest BCUT2D eigenvalue weighted by Crippen LogP contribution is -2.12. The number of carbonyl (C=O) groups excluding carboxylic acids is 1. The van der Waals surface area contributed by atoms with E-state index in [1.807, 2.05) is 0 Å². The summed E-state index contributed by atoms with van der Waals surface area (Å²) in [5.74, 6) is 0.141. The predicted octanol–water partition coefficient (Wildman–Crippen LogP) is 4.77. The average molecular weight is 380 g/mol. The third kappa shape index (κ3) is 3.67. The molecule has 0 saturated carbocycles. The number of hydrogen-bond donors (Lipinski definition) is 1. The third-order valence-electron chi connectivity index (χ3n) is 3.14. The Hall–Kier alpha value is -2.15. The van der Waals surface area contributed by atoms with E-state index in [1.165, 1.54) is 24.6 Å². The second-order valence-electron chi connectivity index (χ2n) is 4.71. The maximum absolute atomic E-state index is 12.2. The summed E-state index contributed by atoms with van der Waals surface area (Å²) < 4.78 is 4.96. The maximum atomic E-state index is 12.2. The van der Waals surface area contributed by atoms with E-state index in [0.717, 1.165) is 0 Å². The fourth-order valence-electron chi connectivity index (χ4n) is 1.95. The molecular formula is C16H11Cl2N3O2S. The molecule has 0 bridgehead atoms. The normalized spacial score (nSPS) is 10.5. The zero-order chi connectivity index (χ0) is 17.1. The van der Waals surface area contributed by atoms with Crippen molar-refractivity contribution in [3.63, 3.8) is 0 Å². The van der Waals surface area contributed by atoms with Crippen molar-refractivity contribution in [2.45, 2.75) is 0 Å². The highest BCUT2D eigenvalue weighted by Crippen LogP contribution is 2.32. The summed E-state index contributed by atoms with van der Waals surface area (Å²) in [4.78, 5) is 20.6. The van der Waals surface area contributed by atoms with Gasteiger partial charge in [0.25, 0.3) is 5.91 Å². The zero-order valence-electron chi connectivity index (χ0n) is 12.4. The number of methoxy groups -OCH3 is 1. The molecule has 0 aliphatic rings. The number of amides is 1. The van der Waals surface area contributed by atoms with E-state index in [4.69, 9.17) is 27.9 Å². The summed E-state index contributed by atoms with van der Waals surface area (Å²) in [6.07, 6.45) is 1.44. The van der Waals surface area contributed by atoms with Gasteiger partial charge in [0.15, 0.2) is 5.13 Å². The van der Waals surface area contributed by atoms with Gasteiger partial charge in [0.05, 0.1) is 23.4 Å². The molecule has 8 heteroatoms. The molecule has 2 aromatic heterocycles. The molecule has 0 radical (unpaired) electrons. The van der Waals surface area contributed by atoms with Crippen LogP contribution < -0.4 is 10.1 Å². The Balaban J connectivity index is 1.78. The van der Waals surface area contributed by atoms with Crippen molar-refractivity contribution in [3.8, 4) is 17.1 Å². The topological polar surface area (TPSA) is 64.1 Å². The minimum absolute atomic E-state index is 0.303. The molecule has 0 aliphatic heterocycles. The smallest absolute Gasteiger partial charge is 0.259 e. The van der Waals surface area contributed by atoms with Crippen molar-refractivity contribution >= 4 is 45.6 Å². The molecule has 24 heavy (non-hydrogen) atoms. The number of aromatic nitrogens is 2. The monoisotopic (exact) mass is 379 g/mol. The lowest BCUT2D eigenvalue weighted by Gasteiger charge is -2.03. The van der Waals surface area contributed by atoms with Gasteiger partial charge in [-0.15, -0.1) is 11.3 Å². The Morgan fingerprint density at radius 3 is 2.79 bits per heavy atom. The Bertz CT molecular complexity index is 881. The fraction of sp³-hybridized carbons (Fsp3) is 0.0625. The lowest BCUT2D eigenvalue weighted by atomic mass is 10.2. The van der Waals surface area contributed by atoms with Gasteiger partial charge in [-0.2, -0.15) is 0 Å². The van der Waals surface area contributed by atoms with Gasteiger partial charge in [-0.1, -0.05) is 23.2 Å². The van der Waals surface area contributed by atoms with Crippen LogP contribution in [0.3, 0.4) is 0 Å². The average Bonchev–Trinajstić information content (AvgIpc) is 3.05. The first kappa shape index (κ1) is 16.7. The van der Waals surface area contributed by atoms with Gasteiger partial charge in [0.1, 0.15) is 0 Å². The highest BCUT2D eigenvalue weighted by Gasteiger charge is 2.12. The van der Waals surface area contributed by atoms with E-state index in [1.54, 1.807) is 35.7 Å². The van der Waals surface area contributed by atoms with Gasteiger partial charge in [-0.05, 0) is 24.3 Å². The van der Waals surface area contributed by atoms with Gasteiger partial charge >= 0.3 is 0 Å². The fourth-order valence-corrected chi connectivity index (χ4v) is 3.05. The summed E-state index contributed by atoms with van der Waals surface area (Å²) in [5.41, 5.74) is 1.77. The first-order valence-corrected chi connectivity index (χ1v) is 8.42. The van der Waals surface area contributed by atoms with Crippen LogP contribution in [0, 0.1) is 0 Å². The minimum Gasteiger partial charge on any atom is -0.481 e. The number of hydrogen-bond acceptors (Lipinski definition) is 5. The van der Waals surface area contributed by atoms with E-state index >= 15 is 0 Å². The molecule has 0 unspecified atom stereocenters. The summed E-state index contributed by atoms with van der Waals surface area (Å²) >= 11 is 13.5. The lowest BCUT2D eigenvalue weighted by molar-refractivity contribution is 0.102. The van der Waals surface area contributed by atoms with Crippen LogP contribution in [-0.4, -0.2) is 23.0 Å². The van der Waals surface area contributed by atoms with Gasteiger partial charge in [0.2, 0.25) is 5.88 Å². The Kier molecular flexibility index (Phi) is 4.99. The number of benzene rings is 1. The molecular weight excluding hydrogens is 369 g/mol. The van der Waals surface area contributed by atoms with Crippen LogP contribution in [0.1, 0.15) is 10.4 Å². The van der Waals surface area contributed by atoms with Crippen LogP contribution in [0.25, 0.3) is 11.3 Å². The number of carbonyl (C=O) groups is 1. The van der Waals surface area contributed by atoms with Crippen molar-refractivity contribution in [1.29, 1.82) is 0 Å². The summed E-state index contributed by atoms with van der Waals surface area (Å²) in [6.45, 7) is 0. The van der Waals surface area contributed by atoms with Gasteiger partial charge in [-0.3, -0.25) is 10.1 Å². The summed E-state index contributed by atoms with van der Waals surface area (Å²) in [7, 11) is 1.51. The Morgan fingerprint density at radius 2 is 2.08 bits per heavy atom. The molecule has 1 aromatic carbocycles. The largest absolute Gasteiger partial charge is 0.481 e. The molecule has 122 valence electrons. The van der Waals surface area contributed by atoms with Crippen LogP contribution in [0.4, 0.5) is 5.13 Å². The van der Waals surface area contributed by atoms with Crippen LogP contribution in [0.2, 0.25) is 10.0 Å². The van der Waals surface area contributed by atoms with E-state index < -0.39 is 0 Å². The number of ether oxygens (including phenoxy) is 1. The number of anilines is 1. The van der Waals surface area contributed by atoms with Crippen molar-refractivity contribution in [2.75, 3.05) is 12.4 Å². The standard InChI is InChI=1S/C16H11Cl2N3O2S/c1-23-14-5-2-9(7-19-14)15(22)21-16-20-13(8-24-16)11-6-10(17)3-4-12(11)18/h2-8H,1H3,(H,20,21,22). The molecule has 0 fully saturated rings. The predicted molar refractivity (Wildman–Crippen MR) is 96.3 cm³/mol. The summed E-state index contributed by atoms with van der Waals surface area (Å²) in [5, 5.41) is 6.11. The molecule has 0 spiro atoms. The quantitative estimate of drug-likeness (QED) is 0.708. The van der Waals surface area contributed by atoms with E-state index in [2.05, 4.69) is 15.3 Å². The highest BCUT2D eigenvalue weighted by atomic mass is 35.5. The van der Waals surface area contributed by atoms with Crippen molar-refractivity contribution in [3.05, 3.63) is 57.5 Å². The third-order valence-corrected chi connectivity index (χ3v) is 4.46. The first-order chi connectivity index (χ1) is 11.6. The number of halogens is 2.